The lowest BCUT2D eigenvalue weighted by Crippen LogP contribution is -2.14. The van der Waals surface area contributed by atoms with Crippen LogP contribution in [0.25, 0.3) is 22.3 Å². The van der Waals surface area contributed by atoms with Crippen LogP contribution in [0.2, 0.25) is 0 Å². The first-order valence-electron chi connectivity index (χ1n) is 8.59. The SMILES string of the molecule is CCOC(=O)c1oc2cc(OCC)ccc2c(=O)c1-c1ccc(C(=O)OC)o1. The molecule has 0 aliphatic rings. The van der Waals surface area contributed by atoms with Crippen molar-refractivity contribution in [1.82, 2.24) is 0 Å². The molecule has 0 amide bonds. The molecule has 3 rings (SSSR count). The Morgan fingerprint density at radius 2 is 1.79 bits per heavy atom. The molecule has 0 radical (unpaired) electrons. The summed E-state index contributed by atoms with van der Waals surface area (Å²) in [6.45, 7) is 3.97. The van der Waals surface area contributed by atoms with E-state index in [4.69, 9.17) is 18.3 Å². The number of furan rings is 1. The lowest BCUT2D eigenvalue weighted by Gasteiger charge is -2.09. The molecule has 0 atom stereocenters. The van der Waals surface area contributed by atoms with E-state index in [1.807, 2.05) is 6.92 Å². The van der Waals surface area contributed by atoms with Crippen molar-refractivity contribution in [2.75, 3.05) is 20.3 Å². The van der Waals surface area contributed by atoms with Crippen LogP contribution in [0.1, 0.15) is 35.0 Å². The van der Waals surface area contributed by atoms with Crippen molar-refractivity contribution in [3.63, 3.8) is 0 Å². The summed E-state index contributed by atoms with van der Waals surface area (Å²) in [7, 11) is 1.20. The summed E-state index contributed by atoms with van der Waals surface area (Å²) in [6, 6.07) is 7.42. The van der Waals surface area contributed by atoms with Gasteiger partial charge in [0, 0.05) is 6.07 Å². The lowest BCUT2D eigenvalue weighted by molar-refractivity contribution is 0.0491. The van der Waals surface area contributed by atoms with E-state index in [0.717, 1.165) is 0 Å². The van der Waals surface area contributed by atoms with Gasteiger partial charge in [0.05, 0.1) is 25.7 Å². The van der Waals surface area contributed by atoms with Crippen molar-refractivity contribution >= 4 is 22.9 Å². The Kier molecular flexibility index (Phi) is 5.49. The van der Waals surface area contributed by atoms with Gasteiger partial charge in [0.15, 0.2) is 0 Å². The summed E-state index contributed by atoms with van der Waals surface area (Å²) in [5, 5.41) is 0.225. The quantitative estimate of drug-likeness (QED) is 0.594. The standard InChI is InChI=1S/C20H18O8/c1-4-25-11-6-7-12-15(10-11)28-18(20(23)26-5-2)16(17(12)21)13-8-9-14(27-13)19(22)24-3/h6-10H,4-5H2,1-3H3. The molecule has 8 heteroatoms. The monoisotopic (exact) mass is 386 g/mol. The van der Waals surface area contributed by atoms with Crippen LogP contribution in [0.3, 0.4) is 0 Å². The van der Waals surface area contributed by atoms with Gasteiger partial charge < -0.3 is 23.0 Å². The van der Waals surface area contributed by atoms with E-state index in [9.17, 15) is 14.4 Å². The first-order valence-corrected chi connectivity index (χ1v) is 8.59. The van der Waals surface area contributed by atoms with Gasteiger partial charge in [-0.05, 0) is 38.1 Å². The highest BCUT2D eigenvalue weighted by atomic mass is 16.5. The van der Waals surface area contributed by atoms with Crippen molar-refractivity contribution in [3.8, 4) is 17.1 Å². The summed E-state index contributed by atoms with van der Waals surface area (Å²) >= 11 is 0. The van der Waals surface area contributed by atoms with E-state index in [1.54, 1.807) is 13.0 Å². The average molecular weight is 386 g/mol. The zero-order valence-corrected chi connectivity index (χ0v) is 15.6. The minimum Gasteiger partial charge on any atom is -0.494 e. The average Bonchev–Trinajstić information content (AvgIpc) is 3.17. The van der Waals surface area contributed by atoms with E-state index >= 15 is 0 Å². The summed E-state index contributed by atoms with van der Waals surface area (Å²) in [5.41, 5.74) is -0.467. The second-order valence-electron chi connectivity index (χ2n) is 5.60. The van der Waals surface area contributed by atoms with Crippen molar-refractivity contribution in [1.29, 1.82) is 0 Å². The molecule has 0 aliphatic heterocycles. The second kappa shape index (κ2) is 7.99. The summed E-state index contributed by atoms with van der Waals surface area (Å²) in [6.07, 6.45) is 0. The Hall–Kier alpha value is -3.55. The number of methoxy groups -OCH3 is 1. The molecule has 0 saturated carbocycles. The number of carbonyl (C=O) groups is 2. The first kappa shape index (κ1) is 19.2. The molecule has 8 nitrogen and oxygen atoms in total. The van der Waals surface area contributed by atoms with Gasteiger partial charge in [0.25, 0.3) is 0 Å². The van der Waals surface area contributed by atoms with Gasteiger partial charge in [-0.2, -0.15) is 0 Å². The third kappa shape index (κ3) is 3.48. The van der Waals surface area contributed by atoms with Gasteiger partial charge in [-0.3, -0.25) is 4.79 Å². The zero-order chi connectivity index (χ0) is 20.3. The molecule has 0 fully saturated rings. The highest BCUT2D eigenvalue weighted by Crippen LogP contribution is 2.29. The molecule has 0 saturated heterocycles. The number of ether oxygens (including phenoxy) is 3. The summed E-state index contributed by atoms with van der Waals surface area (Å²) in [4.78, 5) is 37.2. The largest absolute Gasteiger partial charge is 0.494 e. The minimum absolute atomic E-state index is 0.00649. The predicted molar refractivity (Wildman–Crippen MR) is 98.7 cm³/mol. The van der Waals surface area contributed by atoms with Crippen molar-refractivity contribution in [2.24, 2.45) is 0 Å². The van der Waals surface area contributed by atoms with E-state index in [-0.39, 0.29) is 40.4 Å². The van der Waals surface area contributed by atoms with Crippen LogP contribution in [-0.4, -0.2) is 32.3 Å². The van der Waals surface area contributed by atoms with Crippen LogP contribution in [0.15, 0.2) is 44.0 Å². The molecule has 0 aliphatic carbocycles. The van der Waals surface area contributed by atoms with Crippen LogP contribution >= 0.6 is 0 Å². The fourth-order valence-corrected chi connectivity index (χ4v) is 2.68. The number of fused-ring (bicyclic) bond motifs is 1. The third-order valence-electron chi connectivity index (χ3n) is 3.87. The summed E-state index contributed by atoms with van der Waals surface area (Å²) < 4.78 is 26.1. The molecule has 3 aromatic rings. The Bertz CT molecular complexity index is 1090. The number of rotatable bonds is 6. The third-order valence-corrected chi connectivity index (χ3v) is 3.87. The number of benzene rings is 1. The number of hydrogen-bond acceptors (Lipinski definition) is 8. The van der Waals surface area contributed by atoms with Gasteiger partial charge in [-0.15, -0.1) is 0 Å². The maximum absolute atomic E-state index is 13.1. The number of carbonyl (C=O) groups excluding carboxylic acids is 2. The molecule has 1 aromatic carbocycles. The van der Waals surface area contributed by atoms with Gasteiger partial charge >= 0.3 is 11.9 Å². The van der Waals surface area contributed by atoms with Crippen LogP contribution < -0.4 is 10.2 Å². The van der Waals surface area contributed by atoms with Gasteiger partial charge in [-0.25, -0.2) is 9.59 Å². The van der Waals surface area contributed by atoms with Crippen molar-refractivity contribution < 1.29 is 32.6 Å². The first-order chi connectivity index (χ1) is 13.5. The molecule has 0 unspecified atom stereocenters. The highest BCUT2D eigenvalue weighted by Gasteiger charge is 2.26. The molecule has 0 N–H and O–H groups in total. The molecular weight excluding hydrogens is 368 g/mol. The Morgan fingerprint density at radius 1 is 1.00 bits per heavy atom. The van der Waals surface area contributed by atoms with E-state index in [0.29, 0.717) is 12.4 Å². The molecule has 2 heterocycles. The second-order valence-corrected chi connectivity index (χ2v) is 5.60. The Balaban J connectivity index is 2.25. The maximum Gasteiger partial charge on any atom is 0.375 e. The molecule has 146 valence electrons. The number of hydrogen-bond donors (Lipinski definition) is 0. The number of esters is 2. The van der Waals surface area contributed by atoms with Crippen LogP contribution in [0.5, 0.6) is 5.75 Å². The highest BCUT2D eigenvalue weighted by molar-refractivity contribution is 5.97. The molecule has 0 spiro atoms. The Morgan fingerprint density at radius 3 is 2.46 bits per heavy atom. The van der Waals surface area contributed by atoms with Crippen molar-refractivity contribution in [2.45, 2.75) is 13.8 Å². The van der Waals surface area contributed by atoms with Gasteiger partial charge in [0.2, 0.25) is 16.9 Å². The molecular formula is C20H18O8. The van der Waals surface area contributed by atoms with Crippen LogP contribution in [-0.2, 0) is 9.47 Å². The van der Waals surface area contributed by atoms with Gasteiger partial charge in [0.1, 0.15) is 22.7 Å². The molecule has 2 aromatic heterocycles. The van der Waals surface area contributed by atoms with E-state index in [1.165, 1.54) is 31.4 Å². The normalized spacial score (nSPS) is 10.7. The van der Waals surface area contributed by atoms with E-state index < -0.39 is 17.4 Å². The smallest absolute Gasteiger partial charge is 0.375 e. The predicted octanol–water partition coefficient (Wildman–Crippen LogP) is 3.42. The fourth-order valence-electron chi connectivity index (χ4n) is 2.68. The van der Waals surface area contributed by atoms with E-state index in [2.05, 4.69) is 4.74 Å². The van der Waals surface area contributed by atoms with Crippen molar-refractivity contribution in [3.05, 3.63) is 52.1 Å². The minimum atomic E-state index is -0.825. The fraction of sp³-hybridized carbons (Fsp3) is 0.250. The topological polar surface area (TPSA) is 105 Å². The zero-order valence-electron chi connectivity index (χ0n) is 15.6. The Labute approximate surface area is 159 Å². The van der Waals surface area contributed by atoms with Crippen LogP contribution in [0, 0.1) is 0 Å². The van der Waals surface area contributed by atoms with Gasteiger partial charge in [-0.1, -0.05) is 0 Å². The maximum atomic E-state index is 13.1. The molecule has 28 heavy (non-hydrogen) atoms. The molecule has 0 bridgehead atoms. The van der Waals surface area contributed by atoms with Crippen LogP contribution in [0.4, 0.5) is 0 Å². The lowest BCUT2D eigenvalue weighted by atomic mass is 10.1. The summed E-state index contributed by atoms with van der Waals surface area (Å²) in [5.74, 6) is -1.48.